The minimum atomic E-state index is -4.42. The molecule has 0 spiro atoms. The van der Waals surface area contributed by atoms with Crippen molar-refractivity contribution in [3.63, 3.8) is 0 Å². The van der Waals surface area contributed by atoms with Crippen molar-refractivity contribution in [3.05, 3.63) is 0 Å². The summed E-state index contributed by atoms with van der Waals surface area (Å²) in [5.41, 5.74) is 0. The van der Waals surface area contributed by atoms with Gasteiger partial charge >= 0.3 is 35.8 Å². The summed E-state index contributed by atoms with van der Waals surface area (Å²) in [6.45, 7) is 14.7. The van der Waals surface area contributed by atoms with Crippen molar-refractivity contribution in [1.82, 2.24) is 31.9 Å². The normalized spacial score (nSPS) is 18.2. The first kappa shape index (κ1) is 124. The third kappa shape index (κ3) is 76.1. The second-order valence-corrected chi connectivity index (χ2v) is 44.6. The molecule has 0 aromatic carbocycles. The zero-order valence-electron chi connectivity index (χ0n) is 79.0. The molecule has 42 heteroatoms. The molecule has 0 aliphatic heterocycles. The second kappa shape index (κ2) is 72.4. The van der Waals surface area contributed by atoms with E-state index in [1.54, 1.807) is 13.8 Å². The molecule has 130 heavy (non-hydrogen) atoms. The van der Waals surface area contributed by atoms with E-state index in [-0.39, 0.29) is 77.3 Å². The summed E-state index contributed by atoms with van der Waals surface area (Å²) in [5.74, 6) is -6.95. The lowest BCUT2D eigenvalue weighted by molar-refractivity contribution is -0.152. The Morgan fingerprint density at radius 2 is 0.408 bits per heavy atom. The number of hydrogen-bond donors (Lipinski definition) is 6. The van der Waals surface area contributed by atoms with Crippen LogP contribution in [0.15, 0.2) is 0 Å². The lowest BCUT2D eigenvalue weighted by atomic mass is 9.95. The molecule has 0 heterocycles. The van der Waals surface area contributed by atoms with E-state index < -0.39 is 168 Å². The Hall–Kier alpha value is -3.96. The third-order valence-corrected chi connectivity index (χ3v) is 27.6. The van der Waals surface area contributed by atoms with E-state index >= 15 is 0 Å². The number of unbranched alkanes of at least 4 members (excludes halogenated alkanes) is 10. The van der Waals surface area contributed by atoms with E-state index in [4.69, 9.17) is 28.4 Å². The molecule has 0 radical (unpaired) electrons. The Morgan fingerprint density at radius 1 is 0.238 bits per heavy atom. The fourth-order valence-corrected chi connectivity index (χ4v) is 19.8. The molecule has 6 rings (SSSR count). The van der Waals surface area contributed by atoms with Crippen LogP contribution in [0.5, 0.6) is 0 Å². The number of hydrogen-bond acceptors (Lipinski definition) is 36. The molecule has 6 fully saturated rings. The monoisotopic (exact) mass is 1980 g/mol. The molecule has 6 saturated carbocycles. The molecule has 0 aromatic heterocycles. The molecule has 6 aliphatic rings. The van der Waals surface area contributed by atoms with E-state index in [0.29, 0.717) is 49.1 Å². The molecule has 0 bridgehead atoms. The molecule has 6 atom stereocenters. The summed E-state index contributed by atoms with van der Waals surface area (Å²) in [7, 11) is -26.5. The van der Waals surface area contributed by atoms with Crippen molar-refractivity contribution in [1.29, 1.82) is 0 Å². The Morgan fingerprint density at radius 3 is 0.600 bits per heavy atom. The highest BCUT2D eigenvalue weighted by molar-refractivity contribution is 7.87. The van der Waals surface area contributed by atoms with Gasteiger partial charge in [-0.25, -0.2) is 50.5 Å². The van der Waals surface area contributed by atoms with E-state index in [1.807, 2.05) is 20.8 Å². The quantitative estimate of drug-likeness (QED) is 0.0143. The van der Waals surface area contributed by atoms with Crippen LogP contribution < -0.4 is 31.9 Å². The maximum Gasteiger partial charge on any atom is 0.308 e. The number of ether oxygens (including phenoxy) is 6. The summed E-state index contributed by atoms with van der Waals surface area (Å²) in [6.07, 6.45) is 43.4. The predicted molar refractivity (Wildman–Crippen MR) is 491 cm³/mol. The second-order valence-electron chi connectivity index (χ2n) is 35.9. The molecule has 6 N–H and O–H groups in total. The average Bonchev–Trinajstić information content (AvgIpc) is 0.909. The first-order valence-corrected chi connectivity index (χ1v) is 58.0. The Kier molecular flexibility index (Phi) is 69.1. The van der Waals surface area contributed by atoms with Gasteiger partial charge in [-0.1, -0.05) is 228 Å². The van der Waals surface area contributed by atoms with Gasteiger partial charge in [0.25, 0.3) is 0 Å². The van der Waals surface area contributed by atoms with Gasteiger partial charge in [0, 0.05) is 108 Å². The van der Waals surface area contributed by atoms with Crippen LogP contribution >= 0.6 is 0 Å². The molecule has 0 saturated heterocycles. The van der Waals surface area contributed by atoms with Crippen LogP contribution in [0.3, 0.4) is 0 Å². The van der Waals surface area contributed by atoms with E-state index in [9.17, 15) is 107 Å². The number of carbonyl (C=O) groups is 6. The highest BCUT2D eigenvalue weighted by atomic mass is 32.2. The van der Waals surface area contributed by atoms with Crippen molar-refractivity contribution in [2.45, 2.75) is 442 Å². The highest BCUT2D eigenvalue weighted by Crippen LogP contribution is 2.24. The lowest BCUT2D eigenvalue weighted by Gasteiger charge is -2.26. The van der Waals surface area contributed by atoms with E-state index in [2.05, 4.69) is 45.7 Å². The van der Waals surface area contributed by atoms with Gasteiger partial charge in [0.05, 0.1) is 101 Å². The zero-order valence-corrected chi connectivity index (χ0v) is 83.9. The van der Waals surface area contributed by atoms with Crippen molar-refractivity contribution >= 4 is 96.5 Å². The minimum absolute atomic E-state index is 0.213. The standard InChI is InChI=1S/C17H33NO5S.C16H31NO5S.C15H29NO5S.C14H27NO5S.2C13H25NO5S/c1-2-3-4-5-9-12-17(19)23-16(14-24(20,21)22)13-18-15-10-7-6-8-11-15;1-2-3-4-8-11-16(18)22-15(13-23(19,20)21)12-17-14-9-6-5-7-10-14;1-2-3-5-10-15(17)21-14(12-22(18,19)20)11-16-13-8-6-4-7-9-13;1-2-3-9-14(16)20-13(11-21(17,18)19)10-15-12-7-5-4-6-8-12;1-10(2)13(15)19-12(9-20(16,17)18)8-14-11-6-4-3-5-7-11;1-2-6-13(15)19-12(10-20(16,17)18)9-14-11-7-4-3-5-8-11/h15-16,18H,2-14H2,1H3,(H,20,21,22);14-15,17H,2-13H2,1H3,(H,19,20,21);13-14,16H,2-12H2,1H3,(H,18,19,20);12-13,15H,2-11H2,1H3,(H,17,18,19);10-12,14H,3-9H2,1-2H3,(H,16,17,18);11-12,14H,2-10H2,1H3,(H,16,17,18)/p-6. The molecule has 768 valence electrons. The van der Waals surface area contributed by atoms with Crippen LogP contribution in [-0.4, -0.2) is 260 Å². The van der Waals surface area contributed by atoms with Crippen molar-refractivity contribution in [2.75, 3.05) is 73.8 Å². The zero-order chi connectivity index (χ0) is 97.3. The van der Waals surface area contributed by atoms with Crippen molar-refractivity contribution in [2.24, 2.45) is 5.92 Å². The van der Waals surface area contributed by atoms with Crippen LogP contribution in [0.1, 0.15) is 370 Å². The van der Waals surface area contributed by atoms with E-state index in [0.717, 1.165) is 238 Å². The summed E-state index contributed by atoms with van der Waals surface area (Å²) in [6, 6.07) is 1.94. The number of rotatable bonds is 57. The maximum atomic E-state index is 11.9. The Balaban J connectivity index is 0.000000781. The minimum Gasteiger partial charge on any atom is -0.748 e. The first-order valence-electron chi connectivity index (χ1n) is 48.5. The van der Waals surface area contributed by atoms with Crippen molar-refractivity contribution < 1.29 is 135 Å². The lowest BCUT2D eigenvalue weighted by Crippen LogP contribution is -2.42. The Bertz CT molecular complexity index is 3720. The molecular weight excluding hydrogens is 1810 g/mol. The molecular formula is C88H164N6O30S6-6. The number of carbonyl (C=O) groups excluding carboxylic acids is 6. The van der Waals surface area contributed by atoms with E-state index in [1.165, 1.54) is 38.5 Å². The van der Waals surface area contributed by atoms with Gasteiger partial charge in [-0.05, 0) is 109 Å². The summed E-state index contributed by atoms with van der Waals surface area (Å²) in [5, 5.41) is 19.4. The fraction of sp³-hybridized carbons (Fsp3) is 0.932. The highest BCUT2D eigenvalue weighted by Gasteiger charge is 2.29. The topological polar surface area (TPSA) is 573 Å². The molecule has 6 aliphatic carbocycles. The average molecular weight is 1980 g/mol. The molecule has 0 aromatic rings. The first-order chi connectivity index (χ1) is 61.3. The molecule has 36 nitrogen and oxygen atoms in total. The van der Waals surface area contributed by atoms with Crippen LogP contribution in [0, 0.1) is 5.92 Å². The van der Waals surface area contributed by atoms with Gasteiger partial charge in [0.2, 0.25) is 0 Å². The number of esters is 6. The summed E-state index contributed by atoms with van der Waals surface area (Å²) >= 11 is 0. The largest absolute Gasteiger partial charge is 0.748 e. The van der Waals surface area contributed by atoms with Gasteiger partial charge in [0.1, 0.15) is 36.6 Å². The third-order valence-electron chi connectivity index (χ3n) is 22.9. The van der Waals surface area contributed by atoms with Gasteiger partial charge in [-0.3, -0.25) is 28.8 Å². The van der Waals surface area contributed by atoms with Crippen LogP contribution in [0.4, 0.5) is 0 Å². The Labute approximate surface area is 780 Å². The van der Waals surface area contributed by atoms with Gasteiger partial charge in [0.15, 0.2) is 0 Å². The van der Waals surface area contributed by atoms with Gasteiger partial charge in [-0.15, -0.1) is 0 Å². The summed E-state index contributed by atoms with van der Waals surface area (Å²) < 4.78 is 228. The van der Waals surface area contributed by atoms with Gasteiger partial charge < -0.3 is 87.6 Å². The van der Waals surface area contributed by atoms with Crippen LogP contribution in [0.25, 0.3) is 0 Å². The predicted octanol–water partition coefficient (Wildman–Crippen LogP) is 10.8. The SMILES string of the molecule is CC(C)C(=O)OC(CNC1CCCCC1)CS(=O)(=O)[O-].CCCC(=O)OC(CNC1CCCCC1)CS(=O)(=O)[O-].CCCCC(=O)OC(CNC1CCCCC1)CS(=O)(=O)[O-].CCCCCC(=O)OC(CNC1CCCCC1)CS(=O)(=O)[O-].CCCCCCC(=O)OC(CNC1CCCCC1)CS(=O)(=O)[O-].CCCCCCCC(=O)OC(CNC1CCCCC1)CS(=O)(=O)[O-]. The maximum absolute atomic E-state index is 11.9. The fourth-order valence-electron chi connectivity index (χ4n) is 15.9. The molecule has 0 amide bonds. The van der Waals surface area contributed by atoms with Crippen molar-refractivity contribution in [3.8, 4) is 0 Å². The number of nitrogens with one attached hydrogen (secondary N) is 6. The summed E-state index contributed by atoms with van der Waals surface area (Å²) in [4.78, 5) is 70.0. The van der Waals surface area contributed by atoms with Crippen LogP contribution in [-0.2, 0) is 118 Å². The smallest absolute Gasteiger partial charge is 0.308 e. The van der Waals surface area contributed by atoms with Gasteiger partial charge in [-0.2, -0.15) is 0 Å². The van der Waals surface area contributed by atoms with Crippen LogP contribution in [0.2, 0.25) is 0 Å². The molecule has 6 unspecified atom stereocenters.